The molecule has 0 fully saturated rings. The molecule has 0 radical (unpaired) electrons. The van der Waals surface area contributed by atoms with E-state index in [2.05, 4.69) is 16.0 Å². The number of aliphatic carboxylic acids is 1. The van der Waals surface area contributed by atoms with Gasteiger partial charge in [0.2, 0.25) is 5.91 Å². The standard InChI is InChI=1S/C25H27B2N3O8/c1-13(28-23(34)14-2-4-16-11-37-26-19(16)8-14)22(25(36)29-18(10-31)6-7-21(32)33)30-24(35)15-3-5-17-12-38-27-20(17)9-15/h2-5,8-10,13,18,22,26-27H,6-7,11-12H2,1H3,(H,28,34)(H,29,36)(H,30,35)(H,32,33). The summed E-state index contributed by atoms with van der Waals surface area (Å²) >= 11 is 0. The van der Waals surface area contributed by atoms with Gasteiger partial charge in [-0.15, -0.1) is 0 Å². The topological polar surface area (TPSA) is 160 Å². The maximum atomic E-state index is 13.2. The molecule has 2 aromatic carbocycles. The van der Waals surface area contributed by atoms with Gasteiger partial charge in [0.25, 0.3) is 11.8 Å². The third kappa shape index (κ3) is 6.48. The number of amides is 3. The largest absolute Gasteiger partial charge is 0.481 e. The van der Waals surface area contributed by atoms with Gasteiger partial charge in [0.1, 0.15) is 12.3 Å². The number of aldehydes is 1. The lowest BCUT2D eigenvalue weighted by molar-refractivity contribution is -0.137. The molecular formula is C25H27B2N3O8. The maximum absolute atomic E-state index is 13.2. The molecule has 3 atom stereocenters. The van der Waals surface area contributed by atoms with Crippen LogP contribution < -0.4 is 26.9 Å². The third-order valence-corrected chi connectivity index (χ3v) is 6.56. The van der Waals surface area contributed by atoms with Gasteiger partial charge < -0.3 is 35.2 Å². The van der Waals surface area contributed by atoms with Gasteiger partial charge >= 0.3 is 20.9 Å². The van der Waals surface area contributed by atoms with E-state index in [9.17, 15) is 24.0 Å². The fraction of sp³-hybridized carbons (Fsp3) is 0.320. The van der Waals surface area contributed by atoms with Crippen LogP contribution in [-0.4, -0.2) is 68.2 Å². The number of fused-ring (bicyclic) bond motifs is 2. The van der Waals surface area contributed by atoms with Gasteiger partial charge in [0, 0.05) is 17.5 Å². The van der Waals surface area contributed by atoms with E-state index in [1.807, 2.05) is 6.07 Å². The predicted octanol–water partition coefficient (Wildman–Crippen LogP) is -1.83. The molecule has 0 aliphatic carbocycles. The first-order chi connectivity index (χ1) is 18.2. The summed E-state index contributed by atoms with van der Waals surface area (Å²) in [7, 11) is 0.783. The van der Waals surface area contributed by atoms with Crippen molar-refractivity contribution in [2.75, 3.05) is 0 Å². The number of benzene rings is 2. The van der Waals surface area contributed by atoms with E-state index < -0.39 is 41.8 Å². The van der Waals surface area contributed by atoms with Gasteiger partial charge in [0.05, 0.1) is 25.3 Å². The highest BCUT2D eigenvalue weighted by molar-refractivity contribution is 6.49. The maximum Gasteiger partial charge on any atom is 0.309 e. The molecule has 4 rings (SSSR count). The molecule has 38 heavy (non-hydrogen) atoms. The van der Waals surface area contributed by atoms with Crippen molar-refractivity contribution in [1.82, 2.24) is 16.0 Å². The summed E-state index contributed by atoms with van der Waals surface area (Å²) in [6, 6.07) is 7.05. The molecule has 2 aliphatic rings. The molecule has 4 N–H and O–H groups in total. The second kappa shape index (κ2) is 12.1. The Morgan fingerprint density at radius 3 is 2.00 bits per heavy atom. The Morgan fingerprint density at radius 2 is 1.47 bits per heavy atom. The fourth-order valence-corrected chi connectivity index (χ4v) is 4.37. The SMILES string of the molecule is CC(NC(=O)c1ccc2c(c1)BOC2)C(NC(=O)c1ccc2c(c1)BOC2)C(=O)NC(C=O)CCC(=O)O. The van der Waals surface area contributed by atoms with Crippen molar-refractivity contribution in [3.8, 4) is 0 Å². The first-order valence-electron chi connectivity index (χ1n) is 12.2. The minimum Gasteiger partial charge on any atom is -0.481 e. The number of carbonyl (C=O) groups is 5. The monoisotopic (exact) mass is 519 g/mol. The average Bonchev–Trinajstić information content (AvgIpc) is 3.57. The van der Waals surface area contributed by atoms with Crippen molar-refractivity contribution in [3.63, 3.8) is 0 Å². The smallest absolute Gasteiger partial charge is 0.309 e. The average molecular weight is 519 g/mol. The van der Waals surface area contributed by atoms with Crippen LogP contribution in [0.4, 0.5) is 0 Å². The second-order valence-electron chi connectivity index (χ2n) is 9.35. The van der Waals surface area contributed by atoms with Crippen molar-refractivity contribution < 1.29 is 38.4 Å². The van der Waals surface area contributed by atoms with Gasteiger partial charge in [-0.05, 0) is 47.5 Å². The summed E-state index contributed by atoms with van der Waals surface area (Å²) in [6.07, 6.45) is -0.00365. The molecule has 2 aliphatic heterocycles. The van der Waals surface area contributed by atoms with Crippen molar-refractivity contribution in [2.45, 2.75) is 51.1 Å². The van der Waals surface area contributed by atoms with Gasteiger partial charge in [-0.3, -0.25) is 19.2 Å². The van der Waals surface area contributed by atoms with Crippen molar-refractivity contribution in [2.24, 2.45) is 0 Å². The molecule has 0 aromatic heterocycles. The zero-order chi connectivity index (χ0) is 27.2. The molecule has 0 saturated heterocycles. The molecule has 2 aromatic rings. The predicted molar refractivity (Wildman–Crippen MR) is 139 cm³/mol. The van der Waals surface area contributed by atoms with Crippen LogP contribution in [0.3, 0.4) is 0 Å². The van der Waals surface area contributed by atoms with E-state index in [0.29, 0.717) is 45.6 Å². The Morgan fingerprint density at radius 1 is 0.921 bits per heavy atom. The van der Waals surface area contributed by atoms with Crippen molar-refractivity contribution in [3.05, 3.63) is 58.7 Å². The van der Waals surface area contributed by atoms with E-state index in [1.54, 1.807) is 37.3 Å². The second-order valence-corrected chi connectivity index (χ2v) is 9.35. The molecule has 11 nitrogen and oxygen atoms in total. The lowest BCUT2D eigenvalue weighted by Gasteiger charge is -2.26. The summed E-state index contributed by atoms with van der Waals surface area (Å²) in [5, 5.41) is 16.8. The third-order valence-electron chi connectivity index (χ3n) is 6.56. The van der Waals surface area contributed by atoms with Gasteiger partial charge in [-0.2, -0.15) is 0 Å². The van der Waals surface area contributed by atoms with E-state index in [1.165, 1.54) is 0 Å². The van der Waals surface area contributed by atoms with Gasteiger partial charge in [0.15, 0.2) is 0 Å². The number of hydrogen-bond acceptors (Lipinski definition) is 7. The lowest BCUT2D eigenvalue weighted by atomic mass is 9.86. The summed E-state index contributed by atoms with van der Waals surface area (Å²) < 4.78 is 10.8. The zero-order valence-electron chi connectivity index (χ0n) is 20.8. The summed E-state index contributed by atoms with van der Waals surface area (Å²) in [5.41, 5.74) is 4.43. The zero-order valence-corrected chi connectivity index (χ0v) is 20.8. The Labute approximate surface area is 220 Å². The van der Waals surface area contributed by atoms with Crippen LogP contribution in [0.25, 0.3) is 0 Å². The Hall–Kier alpha value is -3.96. The molecule has 0 spiro atoms. The number of carboxylic acids is 1. The van der Waals surface area contributed by atoms with Crippen LogP contribution in [0.15, 0.2) is 36.4 Å². The van der Waals surface area contributed by atoms with Crippen molar-refractivity contribution >= 4 is 55.9 Å². The molecular weight excluding hydrogens is 492 g/mol. The fourth-order valence-electron chi connectivity index (χ4n) is 4.37. The first-order valence-corrected chi connectivity index (χ1v) is 12.2. The van der Waals surface area contributed by atoms with Gasteiger partial charge in [-0.1, -0.05) is 24.3 Å². The van der Waals surface area contributed by atoms with Crippen LogP contribution in [-0.2, 0) is 36.9 Å². The molecule has 0 bridgehead atoms. The molecule has 3 unspecified atom stereocenters. The lowest BCUT2D eigenvalue weighted by Crippen LogP contribution is -2.59. The number of rotatable bonds is 11. The molecule has 3 amide bonds. The van der Waals surface area contributed by atoms with Crippen LogP contribution in [0, 0.1) is 0 Å². The highest BCUT2D eigenvalue weighted by Crippen LogP contribution is 2.11. The normalized spacial score (nSPS) is 15.5. The van der Waals surface area contributed by atoms with E-state index in [0.717, 1.165) is 22.1 Å². The summed E-state index contributed by atoms with van der Waals surface area (Å²) in [5.74, 6) is -2.85. The molecule has 2 heterocycles. The minimum atomic E-state index is -1.26. The number of nitrogens with one attached hydrogen (secondary N) is 3. The number of carboxylic acid groups (broad SMARTS) is 1. The highest BCUT2D eigenvalue weighted by atomic mass is 16.4. The summed E-state index contributed by atoms with van der Waals surface area (Å²) in [4.78, 5) is 61.7. The number of hydrogen-bond donors (Lipinski definition) is 4. The molecule has 13 heteroatoms. The van der Waals surface area contributed by atoms with Crippen LogP contribution in [0.2, 0.25) is 0 Å². The highest BCUT2D eigenvalue weighted by Gasteiger charge is 2.31. The van der Waals surface area contributed by atoms with E-state index in [-0.39, 0.29) is 12.8 Å². The molecule has 0 saturated carbocycles. The molecule has 196 valence electrons. The Bertz CT molecular complexity index is 1270. The van der Waals surface area contributed by atoms with Gasteiger partial charge in [-0.25, -0.2) is 0 Å². The van der Waals surface area contributed by atoms with Crippen LogP contribution >= 0.6 is 0 Å². The minimum absolute atomic E-state index is 0.117. The van der Waals surface area contributed by atoms with Crippen LogP contribution in [0.1, 0.15) is 51.6 Å². The van der Waals surface area contributed by atoms with E-state index >= 15 is 0 Å². The van der Waals surface area contributed by atoms with Crippen molar-refractivity contribution in [1.29, 1.82) is 0 Å². The quantitative estimate of drug-likeness (QED) is 0.199. The van der Waals surface area contributed by atoms with E-state index in [4.69, 9.17) is 14.4 Å². The van der Waals surface area contributed by atoms with Crippen LogP contribution in [0.5, 0.6) is 0 Å². The Balaban J connectivity index is 1.51. The number of carbonyl (C=O) groups excluding carboxylic acids is 4. The Kier molecular flexibility index (Phi) is 8.59. The first kappa shape index (κ1) is 27.1. The summed E-state index contributed by atoms with van der Waals surface area (Å²) in [6.45, 7) is 2.50.